The summed E-state index contributed by atoms with van der Waals surface area (Å²) in [6.07, 6.45) is 0. The molecular weight excluding hydrogens is 350 g/mol. The van der Waals surface area contributed by atoms with Crippen molar-refractivity contribution in [3.63, 3.8) is 0 Å². The summed E-state index contributed by atoms with van der Waals surface area (Å²) in [5.74, 6) is -1.87. The Kier molecular flexibility index (Phi) is 7.05. The van der Waals surface area contributed by atoms with Crippen molar-refractivity contribution in [1.82, 2.24) is 9.80 Å². The van der Waals surface area contributed by atoms with Crippen LogP contribution in [0.3, 0.4) is 0 Å². The summed E-state index contributed by atoms with van der Waals surface area (Å²) in [6.45, 7) is 1.52. The molecule has 0 aliphatic carbocycles. The first kappa shape index (κ1) is 20.6. The molecule has 2 N–H and O–H groups in total. The molecule has 0 spiro atoms. The van der Waals surface area contributed by atoms with Gasteiger partial charge in [-0.1, -0.05) is 18.5 Å². The number of methoxy groups -OCH3 is 1. The predicted octanol–water partition coefficient (Wildman–Crippen LogP) is 2.23. The second-order valence-corrected chi connectivity index (χ2v) is 6.22. The van der Waals surface area contributed by atoms with Crippen LogP contribution in [0.5, 0.6) is 5.75 Å². The van der Waals surface area contributed by atoms with E-state index in [2.05, 4.69) is 5.32 Å². The summed E-state index contributed by atoms with van der Waals surface area (Å²) < 4.78 is 5.27. The lowest BCUT2D eigenvalue weighted by Gasteiger charge is -2.22. The first-order chi connectivity index (χ1) is 11.6. The second kappa shape index (κ2) is 8.57. The average molecular weight is 372 g/mol. The molecule has 0 aliphatic rings. The van der Waals surface area contributed by atoms with Gasteiger partial charge in [0, 0.05) is 32.7 Å². The molecule has 1 unspecified atom stereocenters. The van der Waals surface area contributed by atoms with E-state index < -0.39 is 17.9 Å². The fourth-order valence-electron chi connectivity index (χ4n) is 2.09. The summed E-state index contributed by atoms with van der Waals surface area (Å²) in [5.41, 5.74) is 0.428. The average Bonchev–Trinajstić information content (AvgIpc) is 2.53. The zero-order chi connectivity index (χ0) is 19.3. The van der Waals surface area contributed by atoms with Gasteiger partial charge in [-0.15, -0.1) is 0 Å². The van der Waals surface area contributed by atoms with Crippen LogP contribution in [0.4, 0.5) is 10.5 Å². The van der Waals surface area contributed by atoms with Gasteiger partial charge in [-0.3, -0.25) is 9.59 Å². The van der Waals surface area contributed by atoms with Crippen LogP contribution in [-0.2, 0) is 4.79 Å². The van der Waals surface area contributed by atoms with E-state index in [1.165, 1.54) is 43.0 Å². The molecule has 138 valence electrons. The maximum atomic E-state index is 12.3. The van der Waals surface area contributed by atoms with Crippen molar-refractivity contribution in [1.29, 1.82) is 0 Å². The number of hydrogen-bond acceptors (Lipinski definition) is 4. The van der Waals surface area contributed by atoms with E-state index in [9.17, 15) is 14.4 Å². The largest absolute Gasteiger partial charge is 0.494 e. The third-order valence-corrected chi connectivity index (χ3v) is 3.67. The molecule has 25 heavy (non-hydrogen) atoms. The topological polar surface area (TPSA) is 99.2 Å². The molecule has 1 atom stereocenters. The van der Waals surface area contributed by atoms with Crippen LogP contribution in [-0.4, -0.2) is 67.6 Å². The minimum absolute atomic E-state index is 0.0214. The minimum Gasteiger partial charge on any atom is -0.494 e. The van der Waals surface area contributed by atoms with E-state index in [1.54, 1.807) is 14.1 Å². The fraction of sp³-hybridized carbons (Fsp3) is 0.438. The van der Waals surface area contributed by atoms with Gasteiger partial charge in [0.2, 0.25) is 0 Å². The van der Waals surface area contributed by atoms with Gasteiger partial charge in [0.15, 0.2) is 5.75 Å². The molecule has 8 nitrogen and oxygen atoms in total. The van der Waals surface area contributed by atoms with Crippen LogP contribution >= 0.6 is 11.6 Å². The Morgan fingerprint density at radius 2 is 1.88 bits per heavy atom. The molecule has 1 rings (SSSR count). The van der Waals surface area contributed by atoms with Crippen molar-refractivity contribution in [3.05, 3.63) is 22.7 Å². The lowest BCUT2D eigenvalue weighted by molar-refractivity contribution is -0.141. The summed E-state index contributed by atoms with van der Waals surface area (Å²) in [5, 5.41) is 11.8. The maximum absolute atomic E-state index is 12.3. The number of amides is 3. The number of anilines is 1. The van der Waals surface area contributed by atoms with Crippen molar-refractivity contribution in [3.8, 4) is 5.75 Å². The summed E-state index contributed by atoms with van der Waals surface area (Å²) >= 11 is 6.05. The molecule has 9 heteroatoms. The lowest BCUT2D eigenvalue weighted by Crippen LogP contribution is -2.36. The van der Waals surface area contributed by atoms with Gasteiger partial charge in [-0.05, 0) is 12.1 Å². The van der Waals surface area contributed by atoms with Crippen molar-refractivity contribution in [2.45, 2.75) is 6.92 Å². The number of nitrogens with zero attached hydrogens (tertiary/aromatic N) is 2. The van der Waals surface area contributed by atoms with Crippen molar-refractivity contribution in [2.75, 3.05) is 40.1 Å². The molecular formula is C16H22ClN3O5. The Balaban J connectivity index is 3.11. The molecule has 0 aromatic heterocycles. The minimum atomic E-state index is -1.00. The summed E-state index contributed by atoms with van der Waals surface area (Å²) in [6, 6.07) is 2.37. The fourth-order valence-corrected chi connectivity index (χ4v) is 2.31. The summed E-state index contributed by atoms with van der Waals surface area (Å²) in [4.78, 5) is 38.1. The number of carbonyl (C=O) groups excluding carboxylic acids is 2. The third-order valence-electron chi connectivity index (χ3n) is 3.45. The number of ether oxygens (including phenoxy) is 1. The van der Waals surface area contributed by atoms with Gasteiger partial charge in [-0.2, -0.15) is 0 Å². The number of urea groups is 1. The van der Waals surface area contributed by atoms with Gasteiger partial charge < -0.3 is 25.0 Å². The number of halogens is 1. The molecule has 0 bridgehead atoms. The van der Waals surface area contributed by atoms with Crippen LogP contribution in [0.2, 0.25) is 5.02 Å². The van der Waals surface area contributed by atoms with Crippen molar-refractivity contribution < 1.29 is 24.2 Å². The molecule has 1 aromatic carbocycles. The molecule has 0 aliphatic heterocycles. The highest BCUT2D eigenvalue weighted by atomic mass is 35.5. The highest BCUT2D eigenvalue weighted by molar-refractivity contribution is 6.31. The second-order valence-electron chi connectivity index (χ2n) is 5.78. The van der Waals surface area contributed by atoms with Gasteiger partial charge in [-0.25, -0.2) is 4.79 Å². The zero-order valence-corrected chi connectivity index (χ0v) is 15.5. The first-order valence-electron chi connectivity index (χ1n) is 7.42. The van der Waals surface area contributed by atoms with E-state index in [1.807, 2.05) is 0 Å². The molecule has 1 aromatic rings. The number of aliphatic carboxylic acids is 1. The maximum Gasteiger partial charge on any atom is 0.321 e. The normalized spacial score (nSPS) is 11.4. The van der Waals surface area contributed by atoms with Crippen LogP contribution in [0, 0.1) is 5.92 Å². The van der Waals surface area contributed by atoms with Gasteiger partial charge in [0.25, 0.3) is 5.91 Å². The molecule has 0 radical (unpaired) electrons. The quantitative estimate of drug-likeness (QED) is 0.798. The molecule has 0 heterocycles. The Morgan fingerprint density at radius 1 is 1.28 bits per heavy atom. The SMILES string of the molecule is COc1c(NC(=O)N(C)CC(C)C(=O)O)cc(Cl)cc1C(=O)N(C)C. The van der Waals surface area contributed by atoms with E-state index in [0.29, 0.717) is 0 Å². The Labute approximate surface area is 151 Å². The Morgan fingerprint density at radius 3 is 2.36 bits per heavy atom. The van der Waals surface area contributed by atoms with Crippen molar-refractivity contribution in [2.24, 2.45) is 5.92 Å². The number of rotatable bonds is 6. The van der Waals surface area contributed by atoms with Crippen LogP contribution < -0.4 is 10.1 Å². The van der Waals surface area contributed by atoms with Gasteiger partial charge >= 0.3 is 12.0 Å². The Hall–Kier alpha value is -2.48. The standard InChI is InChI=1S/C16H22ClN3O5/c1-9(15(22)23)8-20(4)16(24)18-12-7-10(17)6-11(13(12)25-5)14(21)19(2)3/h6-7,9H,8H2,1-5H3,(H,18,24)(H,22,23). The first-order valence-corrected chi connectivity index (χ1v) is 7.80. The van der Waals surface area contributed by atoms with E-state index in [-0.39, 0.29) is 34.5 Å². The highest BCUT2D eigenvalue weighted by Crippen LogP contribution is 2.33. The number of carboxylic acid groups (broad SMARTS) is 1. The monoisotopic (exact) mass is 371 g/mol. The molecule has 0 saturated heterocycles. The van der Waals surface area contributed by atoms with Crippen LogP contribution in [0.25, 0.3) is 0 Å². The van der Waals surface area contributed by atoms with Gasteiger partial charge in [0.1, 0.15) is 0 Å². The number of hydrogen-bond donors (Lipinski definition) is 2. The number of carboxylic acids is 1. The van der Waals surface area contributed by atoms with Crippen LogP contribution in [0.15, 0.2) is 12.1 Å². The number of carbonyl (C=O) groups is 3. The predicted molar refractivity (Wildman–Crippen MR) is 94.5 cm³/mol. The molecule has 3 amide bonds. The summed E-state index contributed by atoms with van der Waals surface area (Å²) in [7, 11) is 6.02. The highest BCUT2D eigenvalue weighted by Gasteiger charge is 2.22. The zero-order valence-electron chi connectivity index (χ0n) is 14.8. The number of nitrogens with one attached hydrogen (secondary N) is 1. The van der Waals surface area contributed by atoms with Crippen molar-refractivity contribution >= 4 is 35.2 Å². The number of benzene rings is 1. The van der Waals surface area contributed by atoms with Gasteiger partial charge in [0.05, 0.1) is 24.3 Å². The molecule has 0 fully saturated rings. The van der Waals surface area contributed by atoms with Crippen LogP contribution in [0.1, 0.15) is 17.3 Å². The Bertz CT molecular complexity index is 678. The van der Waals surface area contributed by atoms with E-state index in [0.717, 1.165) is 0 Å². The smallest absolute Gasteiger partial charge is 0.321 e. The lowest BCUT2D eigenvalue weighted by atomic mass is 10.1. The molecule has 0 saturated carbocycles. The third kappa shape index (κ3) is 5.25. The van der Waals surface area contributed by atoms with E-state index in [4.69, 9.17) is 21.4 Å². The van der Waals surface area contributed by atoms with E-state index >= 15 is 0 Å².